The minimum Gasteiger partial charge on any atom is -0.543 e. The van der Waals surface area contributed by atoms with Crippen molar-refractivity contribution in [2.75, 3.05) is 37.7 Å². The zero-order valence-electron chi connectivity index (χ0n) is 48.4. The van der Waals surface area contributed by atoms with E-state index in [1.807, 2.05) is 6.07 Å². The van der Waals surface area contributed by atoms with E-state index in [0.717, 1.165) is 11.4 Å². The molecule has 2 aliphatic heterocycles. The highest BCUT2D eigenvalue weighted by atomic mass is 28.4. The number of rotatable bonds is 13. The van der Waals surface area contributed by atoms with Gasteiger partial charge in [0.1, 0.15) is 42.6 Å². The maximum Gasteiger partial charge on any atom is 0.429 e. The van der Waals surface area contributed by atoms with Crippen molar-refractivity contribution in [1.29, 1.82) is 0 Å². The number of halogens is 3. The highest BCUT2D eigenvalue weighted by Gasteiger charge is 2.47. The van der Waals surface area contributed by atoms with Gasteiger partial charge in [-0.1, -0.05) is 95.1 Å². The number of fused-ring (bicyclic) bond motifs is 2. The van der Waals surface area contributed by atoms with Crippen LogP contribution in [0.1, 0.15) is 153 Å². The molecule has 0 radical (unpaired) electrons. The van der Waals surface area contributed by atoms with Gasteiger partial charge in [0, 0.05) is 36.7 Å². The summed E-state index contributed by atoms with van der Waals surface area (Å²) in [7, 11) is -5.10. The van der Waals surface area contributed by atoms with E-state index in [-0.39, 0.29) is 100 Å². The SMILES string of the molecule is [2H]C1([2H])CCCC([2H])([2H])N(c2nc(OC[C@@H]3CCCNC[C@H](F)C3)nc3c(F)c(-c4cc(O[Si](C(C)C)(C(C)C)C(C)C)cc5ccc(F)c(C#C[Si](C(C)C)(C(C)C)C(C)C)c45)ncc23)N1C(=O)OC(C)(C)C. The Balaban J connectivity index is 1.73. The van der Waals surface area contributed by atoms with Gasteiger partial charge in [-0.25, -0.2) is 23.0 Å². The van der Waals surface area contributed by atoms with Crippen LogP contribution in [-0.2, 0) is 4.74 Å². The number of carbonyl (C=O) groups excluding carboxylic acids is 1. The lowest BCUT2D eigenvalue weighted by Gasteiger charge is -2.42. The first-order valence-electron chi connectivity index (χ1n) is 27.6. The molecule has 6 rings (SSSR count). The molecule has 0 aliphatic carbocycles. The second kappa shape index (κ2) is 22.6. The van der Waals surface area contributed by atoms with Crippen LogP contribution in [0.3, 0.4) is 0 Å². The Morgan fingerprint density at radius 1 is 0.900 bits per heavy atom. The van der Waals surface area contributed by atoms with Crippen LogP contribution in [0, 0.1) is 29.0 Å². The van der Waals surface area contributed by atoms with E-state index in [1.54, 1.807) is 32.9 Å². The van der Waals surface area contributed by atoms with E-state index < -0.39 is 76.2 Å². The first-order chi connectivity index (χ1) is 34.4. The number of amides is 1. The number of alkyl halides is 1. The van der Waals surface area contributed by atoms with Gasteiger partial charge in [0.2, 0.25) is 0 Å². The first kappa shape index (κ1) is 49.2. The number of ether oxygens (including phenoxy) is 2. The van der Waals surface area contributed by atoms with Crippen LogP contribution in [0.25, 0.3) is 32.9 Å². The fourth-order valence-electron chi connectivity index (χ4n) is 11.3. The molecule has 1 amide bonds. The van der Waals surface area contributed by atoms with Crippen LogP contribution in [0.5, 0.6) is 11.8 Å². The van der Waals surface area contributed by atoms with E-state index in [4.69, 9.17) is 18.9 Å². The summed E-state index contributed by atoms with van der Waals surface area (Å²) in [6, 6.07) is 6.20. The predicted octanol–water partition coefficient (Wildman–Crippen LogP) is 14.5. The van der Waals surface area contributed by atoms with Gasteiger partial charge in [-0.3, -0.25) is 9.99 Å². The Kier molecular flexibility index (Phi) is 15.9. The van der Waals surface area contributed by atoms with Crippen molar-refractivity contribution in [3.63, 3.8) is 0 Å². The number of aromatic nitrogens is 3. The average molecular weight is 1010 g/mol. The van der Waals surface area contributed by atoms with Gasteiger partial charge in [-0.15, -0.1) is 5.54 Å². The Morgan fingerprint density at radius 3 is 2.19 bits per heavy atom. The number of hydrazine groups is 1. The number of hydrogen-bond donors (Lipinski definition) is 1. The molecule has 0 bridgehead atoms. The number of benzene rings is 2. The quantitative estimate of drug-likeness (QED) is 0.104. The van der Waals surface area contributed by atoms with Crippen molar-refractivity contribution >= 4 is 50.0 Å². The van der Waals surface area contributed by atoms with Gasteiger partial charge in [0.25, 0.3) is 8.32 Å². The van der Waals surface area contributed by atoms with Crippen molar-refractivity contribution < 1.29 is 37.3 Å². The lowest BCUT2D eigenvalue weighted by molar-refractivity contribution is 0.0232. The highest BCUT2D eigenvalue weighted by molar-refractivity contribution is 6.90. The third-order valence-corrected chi connectivity index (χ3v) is 26.7. The molecule has 2 aromatic carbocycles. The molecule has 4 aromatic rings. The lowest BCUT2D eigenvalue weighted by atomic mass is 9.95. The third-order valence-electron chi connectivity index (χ3n) is 14.4. The molecule has 2 saturated heterocycles. The first-order valence-corrected chi connectivity index (χ1v) is 29.9. The summed E-state index contributed by atoms with van der Waals surface area (Å²) in [6.45, 7) is 26.6. The molecule has 384 valence electrons. The summed E-state index contributed by atoms with van der Waals surface area (Å²) >= 11 is 0. The van der Waals surface area contributed by atoms with E-state index in [0.29, 0.717) is 34.5 Å². The van der Waals surface area contributed by atoms with Crippen LogP contribution in [0.2, 0.25) is 33.2 Å². The standard InChI is InChI=1S/C55H81F3N6O4Si2/c1-34(2)69(35(3)4,36(5)6)27-23-44-47(57)22-21-41-29-43(68-70(37(7)8,38(9)10)39(11)12)30-45(48(41)44)50-49(58)51-46(32-60-50)52(63-25-17-16-18-26-64(63)54(65)67-55(13,14)15)62-53(61-51)66-33-40-20-19-24-59-31-42(56)28-40/h21-22,29-30,32,34-40,42,59H,16-20,24-26,28,31,33H2,1-15H3/t40-,42-/m1/s1/i25D2,26D2. The summed E-state index contributed by atoms with van der Waals surface area (Å²) in [5.74, 6) is 1.52. The van der Waals surface area contributed by atoms with E-state index >= 15 is 13.2 Å². The molecule has 2 aliphatic rings. The molecule has 15 heteroatoms. The zero-order chi connectivity index (χ0) is 55.0. The van der Waals surface area contributed by atoms with Crippen LogP contribution in [0.4, 0.5) is 23.8 Å². The predicted molar refractivity (Wildman–Crippen MR) is 285 cm³/mol. The van der Waals surface area contributed by atoms with E-state index in [1.165, 1.54) is 12.3 Å². The molecule has 1 N–H and O–H groups in total. The maximum atomic E-state index is 18.5. The Bertz CT molecular complexity index is 2690. The number of hydrogen-bond acceptors (Lipinski definition) is 9. The molecular formula is C55H81F3N6O4Si2. The molecule has 4 heterocycles. The third kappa shape index (κ3) is 11.6. The summed E-state index contributed by atoms with van der Waals surface area (Å²) < 4.78 is 107. The van der Waals surface area contributed by atoms with Crippen molar-refractivity contribution in [3.8, 4) is 34.5 Å². The summed E-state index contributed by atoms with van der Waals surface area (Å²) in [4.78, 5) is 28.4. The number of pyridine rings is 1. The Morgan fingerprint density at radius 2 is 1.56 bits per heavy atom. The van der Waals surface area contributed by atoms with Crippen LogP contribution in [-0.4, -0.2) is 86.9 Å². The number of nitrogens with one attached hydrogen (secondary N) is 1. The minimum atomic E-state index is -2.66. The number of carbonyl (C=O) groups is 1. The Hall–Kier alpha value is -4.40. The fraction of sp³-hybridized carbons (Fsp3) is 0.636. The fourth-order valence-corrected chi connectivity index (χ4v) is 21.7. The molecule has 2 aromatic heterocycles. The second-order valence-electron chi connectivity index (χ2n) is 22.2. The molecule has 0 unspecified atom stereocenters. The van der Waals surface area contributed by atoms with Gasteiger partial charge in [-0.2, -0.15) is 9.97 Å². The van der Waals surface area contributed by atoms with Crippen LogP contribution < -0.4 is 19.5 Å². The molecule has 0 spiro atoms. The number of nitrogens with zero attached hydrogens (tertiary/aromatic N) is 5. The molecular weight excluding hydrogens is 922 g/mol. The van der Waals surface area contributed by atoms with Gasteiger partial charge in [-0.05, 0) is 129 Å². The second-order valence-corrected chi connectivity index (χ2v) is 33.2. The van der Waals surface area contributed by atoms with Crippen molar-refractivity contribution in [3.05, 3.63) is 47.7 Å². The van der Waals surface area contributed by atoms with Crippen molar-refractivity contribution in [2.24, 2.45) is 5.92 Å². The van der Waals surface area contributed by atoms with Crippen molar-refractivity contribution in [2.45, 2.75) is 187 Å². The average Bonchev–Trinajstić information content (AvgIpc) is 3.36. The van der Waals surface area contributed by atoms with E-state index in [9.17, 15) is 10.3 Å². The summed E-state index contributed by atoms with van der Waals surface area (Å²) in [5, 5.41) is 5.15. The zero-order valence-corrected chi connectivity index (χ0v) is 46.4. The molecule has 70 heavy (non-hydrogen) atoms. The van der Waals surface area contributed by atoms with Crippen LogP contribution in [0.15, 0.2) is 30.5 Å². The van der Waals surface area contributed by atoms with E-state index in [2.05, 4.69) is 110 Å². The maximum absolute atomic E-state index is 18.5. The number of anilines is 1. The smallest absolute Gasteiger partial charge is 0.429 e. The summed E-state index contributed by atoms with van der Waals surface area (Å²) in [5.41, 5.74) is 3.40. The highest BCUT2D eigenvalue weighted by Crippen LogP contribution is 2.46. The van der Waals surface area contributed by atoms with Crippen molar-refractivity contribution in [1.82, 2.24) is 25.3 Å². The van der Waals surface area contributed by atoms with Gasteiger partial charge < -0.3 is 19.2 Å². The topological polar surface area (TPSA) is 102 Å². The van der Waals surface area contributed by atoms with Gasteiger partial charge in [0.15, 0.2) is 11.6 Å². The summed E-state index contributed by atoms with van der Waals surface area (Å²) in [6.07, 6.45) is -0.0575. The monoisotopic (exact) mass is 1010 g/mol. The van der Waals surface area contributed by atoms with Crippen LogP contribution >= 0.6 is 0 Å². The molecule has 2 atom stereocenters. The largest absolute Gasteiger partial charge is 0.543 e. The van der Waals surface area contributed by atoms with Gasteiger partial charge in [0.05, 0.1) is 23.0 Å². The normalized spacial score (nSPS) is 20.2. The lowest BCUT2D eigenvalue weighted by Crippen LogP contribution is -2.50. The Labute approximate surface area is 424 Å². The molecule has 10 nitrogen and oxygen atoms in total. The molecule has 2 fully saturated rings. The minimum absolute atomic E-state index is 0.0246. The molecule has 0 saturated carbocycles. The van der Waals surface area contributed by atoms with Gasteiger partial charge >= 0.3 is 12.1 Å².